The molecule has 0 radical (unpaired) electrons. The number of fused-ring (bicyclic) bond motifs is 1. The monoisotopic (exact) mass is 314 g/mol. The molecule has 0 aliphatic carbocycles. The number of carbonyl (C=O) groups excluding carboxylic acids is 1. The van der Waals surface area contributed by atoms with Gasteiger partial charge in [-0.15, -0.1) is 0 Å². The molecule has 0 saturated heterocycles. The Morgan fingerprint density at radius 1 is 1.32 bits per heavy atom. The number of methoxy groups -OCH3 is 1. The molecule has 118 valence electrons. The summed E-state index contributed by atoms with van der Waals surface area (Å²) in [6, 6.07) is 2.14. The number of nitrogens with zero attached hydrogens (tertiary/aromatic N) is 2. The third kappa shape index (κ3) is 2.87. The Balaban J connectivity index is 2.75. The highest BCUT2D eigenvalue weighted by molar-refractivity contribution is 5.94. The standard InChI is InChI=1S/C14H13F3N2O3/c1-4-22-13(20)9-5-8-6-10(15)7(2)18-12(8)19-11(9)14(16,17)21-3/h5-6H,4H2,1-3H3. The minimum Gasteiger partial charge on any atom is -0.462 e. The topological polar surface area (TPSA) is 61.3 Å². The Bertz CT molecular complexity index is 735. The van der Waals surface area contributed by atoms with E-state index in [9.17, 15) is 18.0 Å². The molecule has 0 spiro atoms. The van der Waals surface area contributed by atoms with Gasteiger partial charge in [0, 0.05) is 12.5 Å². The maximum absolute atomic E-state index is 13.9. The van der Waals surface area contributed by atoms with E-state index >= 15 is 0 Å². The molecule has 0 amide bonds. The molecule has 0 bridgehead atoms. The lowest BCUT2D eigenvalue weighted by molar-refractivity contribution is -0.234. The first-order valence-corrected chi connectivity index (χ1v) is 6.38. The van der Waals surface area contributed by atoms with Crippen molar-refractivity contribution in [1.82, 2.24) is 9.97 Å². The van der Waals surface area contributed by atoms with E-state index in [1.165, 1.54) is 13.8 Å². The fraction of sp³-hybridized carbons (Fsp3) is 0.357. The molecular weight excluding hydrogens is 301 g/mol. The van der Waals surface area contributed by atoms with Crippen LogP contribution in [0.5, 0.6) is 0 Å². The Labute approximate surface area is 124 Å². The third-order valence-electron chi connectivity index (χ3n) is 2.96. The molecule has 2 aromatic heterocycles. The van der Waals surface area contributed by atoms with Crippen molar-refractivity contribution in [2.24, 2.45) is 0 Å². The predicted molar refractivity (Wildman–Crippen MR) is 71.1 cm³/mol. The second kappa shape index (κ2) is 5.88. The lowest BCUT2D eigenvalue weighted by Crippen LogP contribution is -2.23. The number of hydrogen-bond acceptors (Lipinski definition) is 5. The van der Waals surface area contributed by atoms with Crippen LogP contribution in [0.15, 0.2) is 12.1 Å². The summed E-state index contributed by atoms with van der Waals surface area (Å²) in [6.07, 6.45) is -3.81. The molecule has 22 heavy (non-hydrogen) atoms. The SMILES string of the molecule is CCOC(=O)c1cc2cc(F)c(C)nc2nc1C(F)(F)OC. The first kappa shape index (κ1) is 16.2. The molecule has 0 aliphatic rings. The Morgan fingerprint density at radius 2 is 2.00 bits per heavy atom. The highest BCUT2D eigenvalue weighted by Gasteiger charge is 2.38. The molecule has 8 heteroatoms. The Morgan fingerprint density at radius 3 is 2.59 bits per heavy atom. The molecule has 0 atom stereocenters. The van der Waals surface area contributed by atoms with Gasteiger partial charge in [0.05, 0.1) is 17.9 Å². The summed E-state index contributed by atoms with van der Waals surface area (Å²) in [5, 5.41) is 0.113. The van der Waals surface area contributed by atoms with E-state index in [1.54, 1.807) is 0 Å². The van der Waals surface area contributed by atoms with Crippen molar-refractivity contribution in [2.75, 3.05) is 13.7 Å². The van der Waals surface area contributed by atoms with Crippen LogP contribution in [0.3, 0.4) is 0 Å². The highest BCUT2D eigenvalue weighted by atomic mass is 19.3. The van der Waals surface area contributed by atoms with Crippen LogP contribution in [0.25, 0.3) is 11.0 Å². The molecular formula is C14H13F3N2O3. The fourth-order valence-corrected chi connectivity index (χ4v) is 1.85. The molecule has 0 aromatic carbocycles. The molecule has 2 rings (SSSR count). The lowest BCUT2D eigenvalue weighted by atomic mass is 10.1. The molecule has 2 heterocycles. The van der Waals surface area contributed by atoms with Gasteiger partial charge in [0.25, 0.3) is 0 Å². The number of aromatic nitrogens is 2. The smallest absolute Gasteiger partial charge is 0.400 e. The van der Waals surface area contributed by atoms with E-state index < -0.39 is 29.2 Å². The average molecular weight is 314 g/mol. The number of halogens is 3. The zero-order chi connectivity index (χ0) is 16.5. The van der Waals surface area contributed by atoms with Crippen LogP contribution in [0.1, 0.15) is 28.7 Å². The number of alkyl halides is 2. The number of pyridine rings is 2. The summed E-state index contributed by atoms with van der Waals surface area (Å²) < 4.78 is 50.1. The molecule has 2 aromatic rings. The average Bonchev–Trinajstić information content (AvgIpc) is 2.47. The molecule has 0 N–H and O–H groups in total. The number of rotatable bonds is 4. The van der Waals surface area contributed by atoms with Crippen molar-refractivity contribution in [3.8, 4) is 0 Å². The van der Waals surface area contributed by atoms with E-state index in [1.807, 2.05) is 0 Å². The second-order valence-electron chi connectivity index (χ2n) is 4.43. The van der Waals surface area contributed by atoms with Crippen molar-refractivity contribution in [3.63, 3.8) is 0 Å². The third-order valence-corrected chi connectivity index (χ3v) is 2.96. The van der Waals surface area contributed by atoms with Crippen molar-refractivity contribution < 1.29 is 27.4 Å². The molecule has 5 nitrogen and oxygen atoms in total. The van der Waals surface area contributed by atoms with Crippen molar-refractivity contribution >= 4 is 17.0 Å². The van der Waals surface area contributed by atoms with Crippen LogP contribution in [0.2, 0.25) is 0 Å². The summed E-state index contributed by atoms with van der Waals surface area (Å²) in [6.45, 7) is 2.91. The van der Waals surface area contributed by atoms with Gasteiger partial charge in [-0.1, -0.05) is 0 Å². The first-order valence-electron chi connectivity index (χ1n) is 6.38. The van der Waals surface area contributed by atoms with Crippen LogP contribution < -0.4 is 0 Å². The Kier molecular flexibility index (Phi) is 4.32. The largest absolute Gasteiger partial charge is 0.462 e. The minimum absolute atomic E-state index is 0.00459. The van der Waals surface area contributed by atoms with Gasteiger partial charge in [-0.05, 0) is 26.0 Å². The maximum atomic E-state index is 13.9. The molecule has 0 aliphatic heterocycles. The van der Waals surface area contributed by atoms with Gasteiger partial charge in [0.2, 0.25) is 0 Å². The van der Waals surface area contributed by atoms with Crippen LogP contribution >= 0.6 is 0 Å². The molecule has 0 fully saturated rings. The van der Waals surface area contributed by atoms with E-state index in [-0.39, 0.29) is 23.3 Å². The van der Waals surface area contributed by atoms with E-state index in [2.05, 4.69) is 14.7 Å². The first-order chi connectivity index (χ1) is 10.3. The summed E-state index contributed by atoms with van der Waals surface area (Å²) in [5.74, 6) is -1.63. The van der Waals surface area contributed by atoms with Gasteiger partial charge in [0.15, 0.2) is 11.3 Å². The number of ether oxygens (including phenoxy) is 2. The van der Waals surface area contributed by atoms with Crippen LogP contribution in [-0.4, -0.2) is 29.7 Å². The van der Waals surface area contributed by atoms with E-state index in [0.29, 0.717) is 0 Å². The number of carbonyl (C=O) groups is 1. The van der Waals surface area contributed by atoms with Crippen LogP contribution in [0.4, 0.5) is 13.2 Å². The summed E-state index contributed by atoms with van der Waals surface area (Å²) in [4.78, 5) is 19.3. The van der Waals surface area contributed by atoms with Crippen molar-refractivity contribution in [3.05, 3.63) is 34.9 Å². The van der Waals surface area contributed by atoms with Gasteiger partial charge >= 0.3 is 12.1 Å². The summed E-state index contributed by atoms with van der Waals surface area (Å²) in [7, 11) is 0.782. The molecule has 0 saturated carbocycles. The second-order valence-corrected chi connectivity index (χ2v) is 4.43. The number of aryl methyl sites for hydroxylation is 1. The van der Waals surface area contributed by atoms with Gasteiger partial charge in [-0.2, -0.15) is 8.78 Å². The minimum atomic E-state index is -3.81. The van der Waals surface area contributed by atoms with Gasteiger partial charge in [-0.25, -0.2) is 19.2 Å². The number of esters is 1. The highest BCUT2D eigenvalue weighted by Crippen LogP contribution is 2.32. The van der Waals surface area contributed by atoms with Crippen LogP contribution in [0, 0.1) is 12.7 Å². The zero-order valence-corrected chi connectivity index (χ0v) is 12.1. The predicted octanol–water partition coefficient (Wildman–Crippen LogP) is 2.95. The van der Waals surface area contributed by atoms with E-state index in [4.69, 9.17) is 4.74 Å². The van der Waals surface area contributed by atoms with Crippen LogP contribution in [-0.2, 0) is 15.6 Å². The normalized spacial score (nSPS) is 11.7. The maximum Gasteiger partial charge on any atom is 0.400 e. The lowest BCUT2D eigenvalue weighted by Gasteiger charge is -2.17. The zero-order valence-electron chi connectivity index (χ0n) is 12.1. The van der Waals surface area contributed by atoms with Crippen molar-refractivity contribution in [1.29, 1.82) is 0 Å². The van der Waals surface area contributed by atoms with Crippen molar-refractivity contribution in [2.45, 2.75) is 20.0 Å². The van der Waals surface area contributed by atoms with Gasteiger partial charge in [0.1, 0.15) is 5.82 Å². The summed E-state index contributed by atoms with van der Waals surface area (Å²) in [5.41, 5.74) is -1.51. The summed E-state index contributed by atoms with van der Waals surface area (Å²) >= 11 is 0. The number of hydrogen-bond donors (Lipinski definition) is 0. The van der Waals surface area contributed by atoms with Gasteiger partial charge < -0.3 is 9.47 Å². The Hall–Kier alpha value is -2.22. The van der Waals surface area contributed by atoms with E-state index in [0.717, 1.165) is 19.2 Å². The fourth-order valence-electron chi connectivity index (χ4n) is 1.85. The molecule has 0 unspecified atom stereocenters. The quantitative estimate of drug-likeness (QED) is 0.812. The van der Waals surface area contributed by atoms with Gasteiger partial charge in [-0.3, -0.25) is 0 Å².